The lowest BCUT2D eigenvalue weighted by molar-refractivity contribution is 0.582. The standard InChI is InChI=1S/C14H17N3O2S/c1-15-13-6-2-3-7-14(13)20(18,19)17-10-8-12-5-4-9-16-11-12/h2-7,9,11,15,17H,8,10H2,1H3. The fourth-order valence-electron chi connectivity index (χ4n) is 1.86. The lowest BCUT2D eigenvalue weighted by Crippen LogP contribution is -2.26. The van der Waals surface area contributed by atoms with Crippen LogP contribution in [0.1, 0.15) is 5.56 Å². The number of hydrogen-bond acceptors (Lipinski definition) is 4. The van der Waals surface area contributed by atoms with Crippen molar-refractivity contribution in [1.29, 1.82) is 0 Å². The predicted molar refractivity (Wildman–Crippen MR) is 79.1 cm³/mol. The fourth-order valence-corrected chi connectivity index (χ4v) is 3.10. The van der Waals surface area contributed by atoms with Gasteiger partial charge < -0.3 is 5.32 Å². The maximum atomic E-state index is 12.2. The Morgan fingerprint density at radius 1 is 1.15 bits per heavy atom. The van der Waals surface area contributed by atoms with Crippen LogP contribution in [0.25, 0.3) is 0 Å². The Kier molecular flexibility index (Phi) is 4.70. The monoisotopic (exact) mass is 291 g/mol. The first-order valence-electron chi connectivity index (χ1n) is 6.29. The van der Waals surface area contributed by atoms with Crippen LogP contribution in [0.2, 0.25) is 0 Å². The van der Waals surface area contributed by atoms with Crippen LogP contribution in [0.5, 0.6) is 0 Å². The Labute approximate surface area is 119 Å². The molecule has 0 unspecified atom stereocenters. The smallest absolute Gasteiger partial charge is 0.242 e. The molecule has 6 heteroatoms. The topological polar surface area (TPSA) is 71.1 Å². The van der Waals surface area contributed by atoms with Crippen LogP contribution >= 0.6 is 0 Å². The molecule has 1 aromatic carbocycles. The van der Waals surface area contributed by atoms with Crippen molar-refractivity contribution in [3.05, 3.63) is 54.4 Å². The van der Waals surface area contributed by atoms with Gasteiger partial charge in [-0.05, 0) is 30.2 Å². The number of aromatic nitrogens is 1. The van der Waals surface area contributed by atoms with Crippen molar-refractivity contribution in [3.8, 4) is 0 Å². The molecule has 0 fully saturated rings. The molecule has 1 aromatic heterocycles. The van der Waals surface area contributed by atoms with Crippen LogP contribution in [-0.2, 0) is 16.4 Å². The summed E-state index contributed by atoms with van der Waals surface area (Å²) in [5.41, 5.74) is 1.58. The quantitative estimate of drug-likeness (QED) is 0.849. The average molecular weight is 291 g/mol. The molecule has 0 radical (unpaired) electrons. The van der Waals surface area contributed by atoms with Gasteiger partial charge in [0.2, 0.25) is 10.0 Å². The number of anilines is 1. The lowest BCUT2D eigenvalue weighted by Gasteiger charge is -2.10. The van der Waals surface area contributed by atoms with Crippen LogP contribution in [0, 0.1) is 0 Å². The molecule has 0 aliphatic rings. The van der Waals surface area contributed by atoms with Crippen molar-refractivity contribution in [1.82, 2.24) is 9.71 Å². The summed E-state index contributed by atoms with van der Waals surface area (Å²) in [6, 6.07) is 10.6. The highest BCUT2D eigenvalue weighted by Crippen LogP contribution is 2.19. The molecule has 106 valence electrons. The summed E-state index contributed by atoms with van der Waals surface area (Å²) in [5.74, 6) is 0. The molecule has 2 rings (SSSR count). The Bertz CT molecular complexity index is 657. The highest BCUT2D eigenvalue weighted by Gasteiger charge is 2.16. The third-order valence-corrected chi connectivity index (χ3v) is 4.39. The molecule has 20 heavy (non-hydrogen) atoms. The molecule has 0 aliphatic carbocycles. The molecule has 0 saturated carbocycles. The van der Waals surface area contributed by atoms with Crippen molar-refractivity contribution < 1.29 is 8.42 Å². The Hall–Kier alpha value is -1.92. The Morgan fingerprint density at radius 2 is 1.95 bits per heavy atom. The zero-order valence-corrected chi connectivity index (χ0v) is 12.0. The molecule has 0 saturated heterocycles. The van der Waals surface area contributed by atoms with E-state index in [1.54, 1.807) is 43.7 Å². The first kappa shape index (κ1) is 14.5. The molecule has 5 nitrogen and oxygen atoms in total. The van der Waals surface area contributed by atoms with Gasteiger partial charge in [-0.25, -0.2) is 13.1 Å². The first-order valence-corrected chi connectivity index (χ1v) is 7.77. The number of sulfonamides is 1. The van der Waals surface area contributed by atoms with Gasteiger partial charge in [-0.2, -0.15) is 0 Å². The second-order valence-corrected chi connectivity index (χ2v) is 5.99. The minimum absolute atomic E-state index is 0.258. The number of benzene rings is 1. The van der Waals surface area contributed by atoms with Gasteiger partial charge in [0.05, 0.1) is 5.69 Å². The number of hydrogen-bond donors (Lipinski definition) is 2. The summed E-state index contributed by atoms with van der Waals surface area (Å²) in [5, 5.41) is 2.88. The van der Waals surface area contributed by atoms with Crippen molar-refractivity contribution in [2.24, 2.45) is 0 Å². The molecule has 2 N–H and O–H groups in total. The maximum absolute atomic E-state index is 12.2. The molecule has 0 aliphatic heterocycles. The number of rotatable bonds is 6. The van der Waals surface area contributed by atoms with E-state index in [1.165, 1.54) is 0 Å². The molecular weight excluding hydrogens is 274 g/mol. The fraction of sp³-hybridized carbons (Fsp3) is 0.214. The zero-order valence-electron chi connectivity index (χ0n) is 11.2. The minimum Gasteiger partial charge on any atom is -0.387 e. The van der Waals surface area contributed by atoms with Crippen molar-refractivity contribution in [2.45, 2.75) is 11.3 Å². The van der Waals surface area contributed by atoms with E-state index in [0.717, 1.165) is 5.56 Å². The number of para-hydroxylation sites is 1. The van der Waals surface area contributed by atoms with Gasteiger partial charge in [-0.3, -0.25) is 4.98 Å². The SMILES string of the molecule is CNc1ccccc1S(=O)(=O)NCCc1cccnc1. The molecular formula is C14H17N3O2S. The van der Waals surface area contributed by atoms with Crippen LogP contribution in [-0.4, -0.2) is 27.0 Å². The number of nitrogens with zero attached hydrogens (tertiary/aromatic N) is 1. The highest BCUT2D eigenvalue weighted by molar-refractivity contribution is 7.89. The highest BCUT2D eigenvalue weighted by atomic mass is 32.2. The van der Waals surface area contributed by atoms with Gasteiger partial charge in [-0.1, -0.05) is 18.2 Å². The van der Waals surface area contributed by atoms with Crippen molar-refractivity contribution >= 4 is 15.7 Å². The lowest BCUT2D eigenvalue weighted by atomic mass is 10.2. The van der Waals surface area contributed by atoms with E-state index in [1.807, 2.05) is 12.1 Å². The van der Waals surface area contributed by atoms with E-state index in [4.69, 9.17) is 0 Å². The number of nitrogens with one attached hydrogen (secondary N) is 2. The number of pyridine rings is 1. The summed E-state index contributed by atoms with van der Waals surface area (Å²) in [6.45, 7) is 0.339. The van der Waals surface area contributed by atoms with E-state index in [-0.39, 0.29) is 4.90 Å². The van der Waals surface area contributed by atoms with E-state index >= 15 is 0 Å². The van der Waals surface area contributed by atoms with E-state index in [2.05, 4.69) is 15.0 Å². The molecule has 0 amide bonds. The van der Waals surface area contributed by atoms with Gasteiger partial charge in [0, 0.05) is 26.0 Å². The predicted octanol–water partition coefficient (Wildman–Crippen LogP) is 1.64. The molecule has 2 aromatic rings. The van der Waals surface area contributed by atoms with E-state index in [9.17, 15) is 8.42 Å². The van der Waals surface area contributed by atoms with Gasteiger partial charge in [0.15, 0.2) is 0 Å². The van der Waals surface area contributed by atoms with Crippen molar-refractivity contribution in [2.75, 3.05) is 18.9 Å². The molecule has 1 heterocycles. The summed E-state index contributed by atoms with van der Waals surface area (Å²) in [7, 11) is -1.81. The summed E-state index contributed by atoms with van der Waals surface area (Å²) in [4.78, 5) is 4.26. The van der Waals surface area contributed by atoms with Gasteiger partial charge in [0.25, 0.3) is 0 Å². The van der Waals surface area contributed by atoms with Crippen LogP contribution in [0.3, 0.4) is 0 Å². The maximum Gasteiger partial charge on any atom is 0.242 e. The first-order chi connectivity index (χ1) is 9.63. The molecule has 0 atom stereocenters. The van der Waals surface area contributed by atoms with Gasteiger partial charge in [-0.15, -0.1) is 0 Å². The normalized spacial score (nSPS) is 11.2. The van der Waals surface area contributed by atoms with Crippen LogP contribution in [0.4, 0.5) is 5.69 Å². The average Bonchev–Trinajstić information content (AvgIpc) is 2.48. The summed E-state index contributed by atoms with van der Waals surface area (Å²) >= 11 is 0. The van der Waals surface area contributed by atoms with Gasteiger partial charge in [0.1, 0.15) is 4.90 Å². The van der Waals surface area contributed by atoms with Crippen molar-refractivity contribution in [3.63, 3.8) is 0 Å². The second-order valence-electron chi connectivity index (χ2n) is 4.26. The summed E-state index contributed by atoms with van der Waals surface area (Å²) < 4.78 is 27.1. The Balaban J connectivity index is 2.04. The summed E-state index contributed by atoms with van der Waals surface area (Å²) in [6.07, 6.45) is 4.03. The third kappa shape index (κ3) is 3.55. The zero-order chi connectivity index (χ0) is 14.4. The second kappa shape index (κ2) is 6.49. The van der Waals surface area contributed by atoms with Crippen LogP contribution < -0.4 is 10.0 Å². The minimum atomic E-state index is -3.51. The molecule has 0 bridgehead atoms. The third-order valence-electron chi connectivity index (χ3n) is 2.87. The van der Waals surface area contributed by atoms with Crippen LogP contribution in [0.15, 0.2) is 53.7 Å². The van der Waals surface area contributed by atoms with Gasteiger partial charge >= 0.3 is 0 Å². The molecule has 0 spiro atoms. The Morgan fingerprint density at radius 3 is 2.65 bits per heavy atom. The van der Waals surface area contributed by atoms with E-state index in [0.29, 0.717) is 18.7 Å². The van der Waals surface area contributed by atoms with E-state index < -0.39 is 10.0 Å². The largest absolute Gasteiger partial charge is 0.387 e.